The van der Waals surface area contributed by atoms with Gasteiger partial charge in [0.1, 0.15) is 5.82 Å². The molecule has 1 amide bonds. The number of halogens is 1. The van der Waals surface area contributed by atoms with E-state index in [-0.39, 0.29) is 23.5 Å². The van der Waals surface area contributed by atoms with Crippen LogP contribution >= 0.6 is 0 Å². The summed E-state index contributed by atoms with van der Waals surface area (Å²) >= 11 is 0. The number of nitrogens with one attached hydrogen (secondary N) is 1. The first-order chi connectivity index (χ1) is 11.9. The minimum atomic E-state index is -0.327. The highest BCUT2D eigenvalue weighted by Crippen LogP contribution is 2.15. The van der Waals surface area contributed by atoms with E-state index in [0.29, 0.717) is 0 Å². The zero-order valence-electron chi connectivity index (χ0n) is 14.3. The summed E-state index contributed by atoms with van der Waals surface area (Å²) in [6.07, 6.45) is 1.59. The molecule has 6 heteroatoms. The summed E-state index contributed by atoms with van der Waals surface area (Å²) in [5.41, 5.74) is 4.23. The molecule has 0 aliphatic rings. The van der Waals surface area contributed by atoms with Gasteiger partial charge in [-0.15, -0.1) is 5.10 Å². The Morgan fingerprint density at radius 1 is 1.12 bits per heavy atom. The van der Waals surface area contributed by atoms with Gasteiger partial charge in [-0.05, 0) is 61.7 Å². The Balaban J connectivity index is 1.74. The van der Waals surface area contributed by atoms with Crippen molar-refractivity contribution in [3.05, 3.63) is 76.9 Å². The van der Waals surface area contributed by atoms with Crippen LogP contribution in [0.5, 0.6) is 0 Å². The summed E-state index contributed by atoms with van der Waals surface area (Å²) in [5, 5.41) is 10.8. The molecule has 0 saturated carbocycles. The maximum atomic E-state index is 13.0. The van der Waals surface area contributed by atoms with Crippen LogP contribution in [0.4, 0.5) is 4.39 Å². The molecule has 0 spiro atoms. The number of hydrogen-bond donors (Lipinski definition) is 1. The van der Waals surface area contributed by atoms with E-state index in [1.807, 2.05) is 39.0 Å². The fraction of sp³-hybridized carbons (Fsp3) is 0.211. The molecule has 0 bridgehead atoms. The van der Waals surface area contributed by atoms with Crippen LogP contribution in [0, 0.1) is 19.7 Å². The number of benzene rings is 2. The number of carbonyl (C=O) groups is 1. The summed E-state index contributed by atoms with van der Waals surface area (Å²) in [5.74, 6) is -0.634. The van der Waals surface area contributed by atoms with Crippen LogP contribution in [-0.2, 0) is 0 Å². The number of rotatable bonds is 4. The second-order valence-corrected chi connectivity index (χ2v) is 6.06. The van der Waals surface area contributed by atoms with Crippen LogP contribution in [0.2, 0.25) is 0 Å². The maximum absolute atomic E-state index is 13.0. The first-order valence-electron chi connectivity index (χ1n) is 8.00. The Labute approximate surface area is 145 Å². The van der Waals surface area contributed by atoms with Gasteiger partial charge in [-0.25, -0.2) is 9.07 Å². The van der Waals surface area contributed by atoms with Gasteiger partial charge in [0.15, 0.2) is 5.69 Å². The fourth-order valence-corrected chi connectivity index (χ4v) is 2.47. The fourth-order valence-electron chi connectivity index (χ4n) is 2.47. The van der Waals surface area contributed by atoms with Gasteiger partial charge in [-0.1, -0.05) is 23.4 Å². The van der Waals surface area contributed by atoms with E-state index in [2.05, 4.69) is 15.6 Å². The number of carbonyl (C=O) groups excluding carboxylic acids is 1. The molecule has 0 aliphatic carbocycles. The SMILES string of the molecule is Cc1ccc(-n2cc(C(=O)NC(C)c3ccc(F)cc3)nn2)cc1C. The van der Waals surface area contributed by atoms with Gasteiger partial charge in [0.2, 0.25) is 0 Å². The van der Waals surface area contributed by atoms with Crippen LogP contribution in [0.25, 0.3) is 5.69 Å². The van der Waals surface area contributed by atoms with Gasteiger partial charge < -0.3 is 5.32 Å². The van der Waals surface area contributed by atoms with Crippen LogP contribution in [0.3, 0.4) is 0 Å². The van der Waals surface area contributed by atoms with Crippen molar-refractivity contribution in [2.45, 2.75) is 26.8 Å². The molecule has 0 radical (unpaired) electrons. The van der Waals surface area contributed by atoms with E-state index in [1.165, 1.54) is 17.7 Å². The molecule has 1 atom stereocenters. The van der Waals surface area contributed by atoms with Gasteiger partial charge in [0.05, 0.1) is 17.9 Å². The lowest BCUT2D eigenvalue weighted by molar-refractivity contribution is 0.0934. The highest BCUT2D eigenvalue weighted by atomic mass is 19.1. The van der Waals surface area contributed by atoms with E-state index in [1.54, 1.807) is 23.0 Å². The average Bonchev–Trinajstić information content (AvgIpc) is 3.08. The van der Waals surface area contributed by atoms with Gasteiger partial charge in [-0.2, -0.15) is 0 Å². The highest BCUT2D eigenvalue weighted by molar-refractivity contribution is 5.92. The quantitative estimate of drug-likeness (QED) is 0.792. The molecule has 25 heavy (non-hydrogen) atoms. The minimum absolute atomic E-state index is 0.229. The molecule has 1 aromatic heterocycles. The number of nitrogens with zero attached hydrogens (tertiary/aromatic N) is 3. The monoisotopic (exact) mass is 338 g/mol. The standard InChI is InChI=1S/C19H19FN4O/c1-12-4-9-17(10-13(12)2)24-11-18(22-23-24)19(25)21-14(3)15-5-7-16(20)8-6-15/h4-11,14H,1-3H3,(H,21,25). The summed E-state index contributed by atoms with van der Waals surface area (Å²) in [6.45, 7) is 5.89. The third-order valence-electron chi connectivity index (χ3n) is 4.20. The van der Waals surface area contributed by atoms with Crippen LogP contribution in [-0.4, -0.2) is 20.9 Å². The van der Waals surface area contributed by atoms with Gasteiger partial charge >= 0.3 is 0 Å². The lowest BCUT2D eigenvalue weighted by Crippen LogP contribution is -2.27. The Kier molecular flexibility index (Phi) is 4.61. The minimum Gasteiger partial charge on any atom is -0.344 e. The number of amides is 1. The second-order valence-electron chi connectivity index (χ2n) is 6.06. The molecule has 1 N–H and O–H groups in total. The van der Waals surface area contributed by atoms with Crippen molar-refractivity contribution in [1.29, 1.82) is 0 Å². The summed E-state index contributed by atoms with van der Waals surface area (Å²) in [7, 11) is 0. The van der Waals surface area contributed by atoms with Crippen molar-refractivity contribution in [1.82, 2.24) is 20.3 Å². The van der Waals surface area contributed by atoms with Crippen LogP contribution in [0.1, 0.15) is 40.1 Å². The summed E-state index contributed by atoms with van der Waals surface area (Å²) in [6, 6.07) is 11.7. The number of aromatic nitrogens is 3. The molecule has 128 valence electrons. The molecule has 3 aromatic rings. The molecular formula is C19H19FN4O. The lowest BCUT2D eigenvalue weighted by Gasteiger charge is -2.13. The number of hydrogen-bond acceptors (Lipinski definition) is 3. The van der Waals surface area contributed by atoms with Gasteiger partial charge in [0, 0.05) is 0 Å². The van der Waals surface area contributed by atoms with Crippen LogP contribution in [0.15, 0.2) is 48.7 Å². The molecule has 0 fully saturated rings. The van der Waals surface area contributed by atoms with Crippen molar-refractivity contribution in [3.63, 3.8) is 0 Å². The third kappa shape index (κ3) is 3.74. The molecule has 0 saturated heterocycles. The van der Waals surface area contributed by atoms with E-state index in [4.69, 9.17) is 0 Å². The van der Waals surface area contributed by atoms with E-state index >= 15 is 0 Å². The molecular weight excluding hydrogens is 319 g/mol. The number of aryl methyl sites for hydroxylation is 2. The van der Waals surface area contributed by atoms with E-state index < -0.39 is 0 Å². The second kappa shape index (κ2) is 6.84. The summed E-state index contributed by atoms with van der Waals surface area (Å²) in [4.78, 5) is 12.4. The average molecular weight is 338 g/mol. The molecule has 1 heterocycles. The van der Waals surface area contributed by atoms with Gasteiger partial charge in [-0.3, -0.25) is 4.79 Å². The smallest absolute Gasteiger partial charge is 0.273 e. The zero-order chi connectivity index (χ0) is 18.0. The maximum Gasteiger partial charge on any atom is 0.273 e. The lowest BCUT2D eigenvalue weighted by atomic mass is 10.1. The van der Waals surface area contributed by atoms with Crippen LogP contribution < -0.4 is 5.32 Å². The van der Waals surface area contributed by atoms with Crippen molar-refractivity contribution in [2.75, 3.05) is 0 Å². The van der Waals surface area contributed by atoms with Crippen molar-refractivity contribution >= 4 is 5.91 Å². The Morgan fingerprint density at radius 2 is 1.84 bits per heavy atom. The van der Waals surface area contributed by atoms with Crippen molar-refractivity contribution in [3.8, 4) is 5.69 Å². The highest BCUT2D eigenvalue weighted by Gasteiger charge is 2.15. The Morgan fingerprint density at radius 3 is 2.52 bits per heavy atom. The predicted octanol–water partition coefficient (Wildman–Crippen LogP) is 3.51. The largest absolute Gasteiger partial charge is 0.344 e. The predicted molar refractivity (Wildman–Crippen MR) is 93.1 cm³/mol. The zero-order valence-corrected chi connectivity index (χ0v) is 14.3. The van der Waals surface area contributed by atoms with E-state index in [0.717, 1.165) is 16.8 Å². The first-order valence-corrected chi connectivity index (χ1v) is 8.00. The normalized spacial score (nSPS) is 12.0. The first kappa shape index (κ1) is 16.8. The molecule has 1 unspecified atom stereocenters. The Hall–Kier alpha value is -3.02. The molecule has 0 aliphatic heterocycles. The topological polar surface area (TPSA) is 59.8 Å². The summed E-state index contributed by atoms with van der Waals surface area (Å²) < 4.78 is 14.6. The Bertz CT molecular complexity index is 902. The molecule has 3 rings (SSSR count). The third-order valence-corrected chi connectivity index (χ3v) is 4.20. The molecule has 2 aromatic carbocycles. The van der Waals surface area contributed by atoms with Gasteiger partial charge in [0.25, 0.3) is 5.91 Å². The van der Waals surface area contributed by atoms with Crippen molar-refractivity contribution < 1.29 is 9.18 Å². The van der Waals surface area contributed by atoms with E-state index in [9.17, 15) is 9.18 Å². The molecule has 5 nitrogen and oxygen atoms in total. The van der Waals surface area contributed by atoms with Crippen molar-refractivity contribution in [2.24, 2.45) is 0 Å².